The average Bonchev–Trinajstić information content (AvgIpc) is 3.08. The first-order valence-corrected chi connectivity index (χ1v) is 10.3. The lowest BCUT2D eigenvalue weighted by molar-refractivity contribution is -0.121. The number of aryl methyl sites for hydroxylation is 1. The van der Waals surface area contributed by atoms with Crippen LogP contribution in [0.15, 0.2) is 42.5 Å². The number of benzene rings is 2. The maximum Gasteiger partial charge on any atom is 0.229 e. The van der Waals surface area contributed by atoms with Crippen molar-refractivity contribution in [1.29, 1.82) is 5.26 Å². The van der Waals surface area contributed by atoms with Crippen molar-refractivity contribution in [3.63, 3.8) is 0 Å². The van der Waals surface area contributed by atoms with Gasteiger partial charge in [-0.1, -0.05) is 36.4 Å². The molecular weight excluding hydrogens is 346 g/mol. The van der Waals surface area contributed by atoms with Crippen LogP contribution in [0.3, 0.4) is 0 Å². The van der Waals surface area contributed by atoms with Gasteiger partial charge in [0.15, 0.2) is 0 Å². The molecule has 2 aliphatic heterocycles. The number of carbonyl (C=O) groups excluding carboxylic acids is 1. The van der Waals surface area contributed by atoms with Gasteiger partial charge in [-0.3, -0.25) is 4.79 Å². The molecule has 0 bridgehead atoms. The summed E-state index contributed by atoms with van der Waals surface area (Å²) in [7, 11) is 0. The van der Waals surface area contributed by atoms with Crippen LogP contribution in [0, 0.1) is 17.2 Å². The van der Waals surface area contributed by atoms with Crippen molar-refractivity contribution < 1.29 is 4.79 Å². The Morgan fingerprint density at radius 1 is 1.07 bits per heavy atom. The van der Waals surface area contributed by atoms with E-state index in [0.29, 0.717) is 16.7 Å². The molecular formula is C24H25N3O. The number of amides is 1. The summed E-state index contributed by atoms with van der Waals surface area (Å²) < 4.78 is 0. The molecule has 1 fully saturated rings. The smallest absolute Gasteiger partial charge is 0.229 e. The van der Waals surface area contributed by atoms with E-state index in [-0.39, 0.29) is 11.8 Å². The number of carbonyl (C=O) groups is 1. The minimum Gasteiger partial charge on any atom is -0.324 e. The molecule has 3 aliphatic rings. The number of fused-ring (bicyclic) bond motifs is 3. The van der Waals surface area contributed by atoms with Crippen molar-refractivity contribution in [1.82, 2.24) is 4.90 Å². The molecule has 1 N–H and O–H groups in total. The topological polar surface area (TPSA) is 56.1 Å². The lowest BCUT2D eigenvalue weighted by atomic mass is 9.73. The van der Waals surface area contributed by atoms with Gasteiger partial charge in [-0.25, -0.2) is 0 Å². The lowest BCUT2D eigenvalue weighted by Crippen LogP contribution is -2.46. The first-order valence-electron chi connectivity index (χ1n) is 10.3. The highest BCUT2D eigenvalue weighted by molar-refractivity contribution is 5.97. The summed E-state index contributed by atoms with van der Waals surface area (Å²) in [6, 6.07) is 16.8. The van der Waals surface area contributed by atoms with Gasteiger partial charge in [0.25, 0.3) is 0 Å². The van der Waals surface area contributed by atoms with E-state index in [1.54, 1.807) is 11.6 Å². The zero-order valence-corrected chi connectivity index (χ0v) is 16.1. The number of rotatable bonds is 2. The van der Waals surface area contributed by atoms with E-state index in [1.807, 2.05) is 12.1 Å². The molecule has 1 spiro atoms. The number of nitrogens with zero attached hydrogens (tertiary/aromatic N) is 2. The molecule has 0 aromatic heterocycles. The second-order valence-corrected chi connectivity index (χ2v) is 8.58. The van der Waals surface area contributed by atoms with Gasteiger partial charge in [-0.15, -0.1) is 0 Å². The number of piperidine rings is 1. The fourth-order valence-corrected chi connectivity index (χ4v) is 5.50. The van der Waals surface area contributed by atoms with E-state index >= 15 is 0 Å². The van der Waals surface area contributed by atoms with Crippen molar-refractivity contribution in [2.24, 2.45) is 5.92 Å². The molecule has 4 nitrogen and oxygen atoms in total. The van der Waals surface area contributed by atoms with E-state index < -0.39 is 0 Å². The molecule has 4 heteroatoms. The Hall–Kier alpha value is -2.64. The normalized spacial score (nSPS) is 23.0. The molecule has 1 amide bonds. The highest BCUT2D eigenvalue weighted by atomic mass is 16.2. The van der Waals surface area contributed by atoms with Gasteiger partial charge in [-0.05, 0) is 73.4 Å². The van der Waals surface area contributed by atoms with Crippen molar-refractivity contribution in [3.05, 3.63) is 64.7 Å². The van der Waals surface area contributed by atoms with Gasteiger partial charge >= 0.3 is 0 Å². The molecule has 2 heterocycles. The van der Waals surface area contributed by atoms with Crippen LogP contribution in [0.1, 0.15) is 41.5 Å². The van der Waals surface area contributed by atoms with Crippen LogP contribution in [0.25, 0.3) is 0 Å². The number of anilines is 1. The molecule has 1 saturated heterocycles. The van der Waals surface area contributed by atoms with E-state index in [1.165, 1.54) is 31.2 Å². The lowest BCUT2D eigenvalue weighted by Gasteiger charge is -2.41. The Kier molecular flexibility index (Phi) is 4.21. The third kappa shape index (κ3) is 2.82. The summed E-state index contributed by atoms with van der Waals surface area (Å²) in [5.74, 6) is 0.0213. The fourth-order valence-electron chi connectivity index (χ4n) is 5.50. The molecule has 142 valence electrons. The highest BCUT2D eigenvalue weighted by Crippen LogP contribution is 2.46. The Morgan fingerprint density at radius 2 is 1.86 bits per heavy atom. The maximum atomic E-state index is 12.7. The standard InChI is InChI=1S/C24H25N3O/c25-15-19-6-3-5-18-14-20(23(28)26-22(18)19)16-27-12-10-24(11-13-27)9-8-17-4-1-2-7-21(17)24/h1-7,20H,8-14,16H2,(H,26,28). The van der Waals surface area contributed by atoms with Crippen LogP contribution in [0.4, 0.5) is 5.69 Å². The van der Waals surface area contributed by atoms with Gasteiger partial charge in [-0.2, -0.15) is 5.26 Å². The quantitative estimate of drug-likeness (QED) is 0.877. The second kappa shape index (κ2) is 6.76. The van der Waals surface area contributed by atoms with Gasteiger partial charge in [0.05, 0.1) is 17.2 Å². The van der Waals surface area contributed by atoms with Crippen LogP contribution in [-0.2, 0) is 23.1 Å². The summed E-state index contributed by atoms with van der Waals surface area (Å²) in [6.07, 6.45) is 5.58. The predicted octanol–water partition coefficient (Wildman–Crippen LogP) is 3.65. The Morgan fingerprint density at radius 3 is 2.68 bits per heavy atom. The van der Waals surface area contributed by atoms with Crippen LogP contribution >= 0.6 is 0 Å². The summed E-state index contributed by atoms with van der Waals surface area (Å²) in [5.41, 5.74) is 5.82. The van der Waals surface area contributed by atoms with Crippen molar-refractivity contribution in [2.75, 3.05) is 25.0 Å². The fraction of sp³-hybridized carbons (Fsp3) is 0.417. The van der Waals surface area contributed by atoms with Crippen molar-refractivity contribution in [3.8, 4) is 6.07 Å². The molecule has 0 radical (unpaired) electrons. The molecule has 1 aliphatic carbocycles. The summed E-state index contributed by atoms with van der Waals surface area (Å²) in [4.78, 5) is 15.1. The largest absolute Gasteiger partial charge is 0.324 e. The number of para-hydroxylation sites is 1. The van der Waals surface area contributed by atoms with Gasteiger partial charge < -0.3 is 10.2 Å². The summed E-state index contributed by atoms with van der Waals surface area (Å²) >= 11 is 0. The molecule has 28 heavy (non-hydrogen) atoms. The molecule has 2 aromatic carbocycles. The van der Waals surface area contributed by atoms with E-state index in [9.17, 15) is 10.1 Å². The molecule has 1 unspecified atom stereocenters. The first kappa shape index (κ1) is 17.5. The number of likely N-dealkylation sites (tertiary alicyclic amines) is 1. The molecule has 5 rings (SSSR count). The van der Waals surface area contributed by atoms with E-state index in [0.717, 1.165) is 31.6 Å². The number of nitrogens with one attached hydrogen (secondary N) is 1. The van der Waals surface area contributed by atoms with Crippen molar-refractivity contribution >= 4 is 11.6 Å². The zero-order valence-electron chi connectivity index (χ0n) is 16.1. The monoisotopic (exact) mass is 371 g/mol. The van der Waals surface area contributed by atoms with Crippen LogP contribution in [0.2, 0.25) is 0 Å². The summed E-state index contributed by atoms with van der Waals surface area (Å²) in [5, 5.41) is 12.3. The predicted molar refractivity (Wildman–Crippen MR) is 109 cm³/mol. The number of hydrogen-bond donors (Lipinski definition) is 1. The first-order chi connectivity index (χ1) is 13.7. The minimum atomic E-state index is -0.0358. The molecule has 0 saturated carbocycles. The SMILES string of the molecule is N#Cc1cccc2c1NC(=O)C(CN1CCC3(CCc4ccccc43)CC1)C2. The van der Waals surface area contributed by atoms with Crippen LogP contribution < -0.4 is 5.32 Å². The number of hydrogen-bond acceptors (Lipinski definition) is 3. The number of nitriles is 1. The third-order valence-electron chi connectivity index (χ3n) is 7.11. The van der Waals surface area contributed by atoms with E-state index in [4.69, 9.17) is 0 Å². The second-order valence-electron chi connectivity index (χ2n) is 8.58. The highest BCUT2D eigenvalue weighted by Gasteiger charge is 2.41. The third-order valence-corrected chi connectivity index (χ3v) is 7.11. The van der Waals surface area contributed by atoms with E-state index in [2.05, 4.69) is 40.6 Å². The van der Waals surface area contributed by atoms with Gasteiger partial charge in [0, 0.05) is 6.54 Å². The van der Waals surface area contributed by atoms with Crippen molar-refractivity contribution in [2.45, 2.75) is 37.5 Å². The average molecular weight is 371 g/mol. The van der Waals surface area contributed by atoms with Crippen LogP contribution in [-0.4, -0.2) is 30.4 Å². The maximum absolute atomic E-state index is 12.7. The van der Waals surface area contributed by atoms with Gasteiger partial charge in [0.2, 0.25) is 5.91 Å². The molecule has 1 atom stereocenters. The Bertz CT molecular complexity index is 966. The Labute approximate surface area is 166 Å². The Balaban J connectivity index is 1.26. The van der Waals surface area contributed by atoms with Gasteiger partial charge in [0.1, 0.15) is 6.07 Å². The molecule has 2 aromatic rings. The zero-order chi connectivity index (χ0) is 19.1. The summed E-state index contributed by atoms with van der Waals surface area (Å²) in [6.45, 7) is 2.92. The minimum absolute atomic E-state index is 0.0358. The van der Waals surface area contributed by atoms with Crippen LogP contribution in [0.5, 0.6) is 0 Å².